The summed E-state index contributed by atoms with van der Waals surface area (Å²) in [5.74, 6) is 0. The third-order valence-electron chi connectivity index (χ3n) is 1.58. The van der Waals surface area contributed by atoms with Crippen molar-refractivity contribution in [3.63, 3.8) is 0 Å². The van der Waals surface area contributed by atoms with Crippen molar-refractivity contribution in [3.8, 4) is 6.07 Å². The molecular weight excluding hydrogens is 416 g/mol. The van der Waals surface area contributed by atoms with Crippen LogP contribution in [-0.2, 0) is 6.42 Å². The molecule has 1 rings (SSSR count). The van der Waals surface area contributed by atoms with Crippen molar-refractivity contribution in [1.29, 1.82) is 5.26 Å². The van der Waals surface area contributed by atoms with E-state index < -0.39 is 6.43 Å². The first-order valence-corrected chi connectivity index (χ1v) is 5.71. The second-order valence-corrected chi connectivity index (χ2v) is 4.54. The van der Waals surface area contributed by atoms with Gasteiger partial charge in [-0.25, -0.2) is 13.8 Å². The Morgan fingerprint density at radius 2 is 2.14 bits per heavy atom. The van der Waals surface area contributed by atoms with Crippen LogP contribution in [0.25, 0.3) is 0 Å². The smallest absolute Gasteiger partial charge is 0.249 e. The van der Waals surface area contributed by atoms with Crippen molar-refractivity contribution < 1.29 is 8.78 Å². The van der Waals surface area contributed by atoms with E-state index in [1.165, 1.54) is 6.20 Å². The van der Waals surface area contributed by atoms with Crippen molar-refractivity contribution in [3.05, 3.63) is 24.6 Å². The minimum Gasteiger partial charge on any atom is -0.249 e. The van der Waals surface area contributed by atoms with Gasteiger partial charge in [0.25, 0.3) is 6.43 Å². The predicted octanol–water partition coefficient (Wildman–Crippen LogP) is 3.29. The molecule has 0 bridgehead atoms. The molecule has 0 atom stereocenters. The summed E-state index contributed by atoms with van der Waals surface area (Å²) in [5, 5.41) is 8.46. The molecule has 0 spiro atoms. The Morgan fingerprint density at radius 3 is 2.64 bits per heavy atom. The molecule has 0 unspecified atom stereocenters. The lowest BCUT2D eigenvalue weighted by Gasteiger charge is -2.08. The van der Waals surface area contributed by atoms with Crippen molar-refractivity contribution in [1.82, 2.24) is 4.98 Å². The molecule has 0 aliphatic heterocycles. The average Bonchev–Trinajstić information content (AvgIpc) is 2.11. The van der Waals surface area contributed by atoms with Crippen LogP contribution in [0.2, 0.25) is 0 Å². The zero-order valence-corrected chi connectivity index (χ0v) is 11.1. The van der Waals surface area contributed by atoms with E-state index in [4.69, 9.17) is 5.26 Å². The van der Waals surface area contributed by atoms with Gasteiger partial charge in [0.05, 0.1) is 16.1 Å². The molecule has 0 aliphatic carbocycles. The first kappa shape index (κ1) is 12.0. The van der Waals surface area contributed by atoms with Crippen LogP contribution in [0.3, 0.4) is 0 Å². The topological polar surface area (TPSA) is 36.7 Å². The molecule has 1 aromatic heterocycles. The zero-order chi connectivity index (χ0) is 10.7. The molecule has 0 amide bonds. The number of rotatable bonds is 2. The molecule has 6 heteroatoms. The molecule has 74 valence electrons. The summed E-state index contributed by atoms with van der Waals surface area (Å²) in [7, 11) is 0. The summed E-state index contributed by atoms with van der Waals surface area (Å²) in [6.45, 7) is 0. The van der Waals surface area contributed by atoms with Crippen molar-refractivity contribution in [2.75, 3.05) is 0 Å². The van der Waals surface area contributed by atoms with E-state index in [9.17, 15) is 8.78 Å². The lowest BCUT2D eigenvalue weighted by Crippen LogP contribution is -2.02. The number of hydrogen-bond donors (Lipinski definition) is 0. The highest BCUT2D eigenvalue weighted by Crippen LogP contribution is 2.30. The Balaban J connectivity index is 3.31. The number of nitrogens with zero attached hydrogens (tertiary/aromatic N) is 2. The van der Waals surface area contributed by atoms with Gasteiger partial charge in [0.1, 0.15) is 3.70 Å². The van der Waals surface area contributed by atoms with Gasteiger partial charge in [-0.3, -0.25) is 0 Å². The molecule has 0 radical (unpaired) electrons. The van der Waals surface area contributed by atoms with Crippen molar-refractivity contribution in [2.24, 2.45) is 0 Å². The Bertz CT molecular complexity index is 388. The van der Waals surface area contributed by atoms with E-state index in [1.54, 1.807) is 0 Å². The van der Waals surface area contributed by atoms with Crippen LogP contribution in [-0.4, -0.2) is 4.98 Å². The Hall–Kier alpha value is -0.0400. The summed E-state index contributed by atoms with van der Waals surface area (Å²) in [4.78, 5) is 3.94. The number of pyridine rings is 1. The van der Waals surface area contributed by atoms with Gasteiger partial charge in [-0.1, -0.05) is 0 Å². The third kappa shape index (κ3) is 2.50. The van der Waals surface area contributed by atoms with Crippen LogP contribution in [0, 0.1) is 18.6 Å². The highest BCUT2D eigenvalue weighted by atomic mass is 127. The summed E-state index contributed by atoms with van der Waals surface area (Å²) < 4.78 is 26.3. The van der Waals surface area contributed by atoms with Gasteiger partial charge in [0.2, 0.25) is 0 Å². The highest BCUT2D eigenvalue weighted by Gasteiger charge is 2.19. The summed E-state index contributed by atoms with van der Waals surface area (Å²) >= 11 is 3.72. The van der Waals surface area contributed by atoms with E-state index in [-0.39, 0.29) is 12.0 Å². The van der Waals surface area contributed by atoms with Crippen LogP contribution >= 0.6 is 45.2 Å². The number of aromatic nitrogens is 1. The monoisotopic (exact) mass is 420 g/mol. The van der Waals surface area contributed by atoms with Gasteiger partial charge in [0.15, 0.2) is 0 Å². The maximum Gasteiger partial charge on any atom is 0.265 e. The fourth-order valence-corrected chi connectivity index (χ4v) is 2.13. The molecule has 0 fully saturated rings. The van der Waals surface area contributed by atoms with Gasteiger partial charge in [-0.2, -0.15) is 5.26 Å². The standard InChI is InChI=1S/C8H4F2I2N2/c9-7(10)5-4(1-2-13)3-14-8(12)6(5)11/h3,7H,1H2. The molecule has 1 heterocycles. The van der Waals surface area contributed by atoms with Crippen LogP contribution in [0.5, 0.6) is 0 Å². The molecule has 0 N–H and O–H groups in total. The molecule has 0 saturated carbocycles. The summed E-state index contributed by atoms with van der Waals surface area (Å²) in [6.07, 6.45) is -1.24. The van der Waals surface area contributed by atoms with Gasteiger partial charge < -0.3 is 0 Å². The van der Waals surface area contributed by atoms with E-state index in [2.05, 4.69) is 4.98 Å². The highest BCUT2D eigenvalue weighted by molar-refractivity contribution is 14.1. The third-order valence-corrected chi connectivity index (χ3v) is 4.53. The second kappa shape index (κ2) is 5.16. The second-order valence-electron chi connectivity index (χ2n) is 2.44. The molecule has 1 aromatic rings. The van der Waals surface area contributed by atoms with Crippen molar-refractivity contribution in [2.45, 2.75) is 12.8 Å². The van der Waals surface area contributed by atoms with Crippen LogP contribution in [0.15, 0.2) is 6.20 Å². The maximum atomic E-state index is 12.6. The van der Waals surface area contributed by atoms with E-state index in [1.807, 2.05) is 51.3 Å². The Kier molecular flexibility index (Phi) is 4.43. The van der Waals surface area contributed by atoms with E-state index >= 15 is 0 Å². The number of hydrogen-bond acceptors (Lipinski definition) is 2. The van der Waals surface area contributed by atoms with Crippen LogP contribution in [0.4, 0.5) is 8.78 Å². The summed E-state index contributed by atoms with van der Waals surface area (Å²) in [5.41, 5.74) is 0.249. The average molecular weight is 420 g/mol. The maximum absolute atomic E-state index is 12.6. The van der Waals surface area contributed by atoms with Crippen LogP contribution in [0.1, 0.15) is 17.6 Å². The van der Waals surface area contributed by atoms with Gasteiger partial charge in [0, 0.05) is 11.8 Å². The number of halogens is 4. The fraction of sp³-hybridized carbons (Fsp3) is 0.250. The molecule has 0 aromatic carbocycles. The first-order valence-electron chi connectivity index (χ1n) is 3.55. The van der Waals surface area contributed by atoms with Gasteiger partial charge in [-0.15, -0.1) is 0 Å². The Morgan fingerprint density at radius 1 is 1.50 bits per heavy atom. The molecule has 0 aliphatic rings. The first-order chi connectivity index (χ1) is 6.57. The molecular formula is C8H4F2I2N2. The normalized spacial score (nSPS) is 10.3. The van der Waals surface area contributed by atoms with E-state index in [0.717, 1.165) is 0 Å². The Labute approximate surface area is 107 Å². The van der Waals surface area contributed by atoms with Crippen molar-refractivity contribution >= 4 is 45.2 Å². The predicted molar refractivity (Wildman–Crippen MR) is 63.9 cm³/mol. The van der Waals surface area contributed by atoms with Gasteiger partial charge >= 0.3 is 0 Å². The fourth-order valence-electron chi connectivity index (χ4n) is 0.975. The minimum absolute atomic E-state index is 0.0282. The SMILES string of the molecule is N#CCc1cnc(I)c(I)c1C(F)F. The summed E-state index contributed by atoms with van der Waals surface area (Å²) in [6, 6.07) is 1.85. The van der Waals surface area contributed by atoms with E-state index in [0.29, 0.717) is 12.8 Å². The molecule has 0 saturated heterocycles. The number of nitriles is 1. The molecule has 2 nitrogen and oxygen atoms in total. The lowest BCUT2D eigenvalue weighted by atomic mass is 10.1. The quantitative estimate of drug-likeness (QED) is 0.544. The number of alkyl halides is 2. The molecule has 14 heavy (non-hydrogen) atoms. The van der Waals surface area contributed by atoms with Crippen LogP contribution < -0.4 is 0 Å². The zero-order valence-electron chi connectivity index (χ0n) is 6.77. The minimum atomic E-state index is -2.55. The lowest BCUT2D eigenvalue weighted by molar-refractivity contribution is 0.149. The largest absolute Gasteiger partial charge is 0.265 e. The van der Waals surface area contributed by atoms with Gasteiger partial charge in [-0.05, 0) is 50.7 Å².